The smallest absolute Gasteiger partial charge is 0.187 e. The van der Waals surface area contributed by atoms with Crippen LogP contribution in [0.4, 0.5) is 0 Å². The molecular weight excluding hydrogens is 624 g/mol. The van der Waals surface area contributed by atoms with Crippen molar-refractivity contribution in [2.24, 2.45) is 0 Å². The molecule has 0 spiro atoms. The molecule has 0 aromatic heterocycles. The van der Waals surface area contributed by atoms with Gasteiger partial charge in [0.15, 0.2) is 25.2 Å². The highest BCUT2D eigenvalue weighted by molar-refractivity contribution is 4.96. The summed E-state index contributed by atoms with van der Waals surface area (Å²) < 4.78 is 37.7. The van der Waals surface area contributed by atoms with Crippen LogP contribution in [0.5, 0.6) is 0 Å². The van der Waals surface area contributed by atoms with Crippen molar-refractivity contribution in [3.05, 3.63) is 0 Å². The number of aliphatic hydroxyl groups excluding tert-OH is 14. The lowest BCUT2D eigenvalue weighted by atomic mass is 9.96. The van der Waals surface area contributed by atoms with E-state index in [2.05, 4.69) is 0 Å². The van der Waals surface area contributed by atoms with Crippen LogP contribution in [0.1, 0.15) is 0 Å². The largest absolute Gasteiger partial charge is 0.394 e. The minimum atomic E-state index is -1.96. The summed E-state index contributed by atoms with van der Waals surface area (Å²) in [5.41, 5.74) is 0. The van der Waals surface area contributed by atoms with Crippen LogP contribution < -0.4 is 0 Å². The molecule has 21 nitrogen and oxygen atoms in total. The molecule has 264 valence electrons. The molecule has 45 heavy (non-hydrogen) atoms. The number of hydrogen-bond donors (Lipinski definition) is 14. The highest BCUT2D eigenvalue weighted by Crippen LogP contribution is 2.31. The lowest BCUT2D eigenvalue weighted by Crippen LogP contribution is -2.65. The topological polar surface area (TPSA) is 348 Å². The number of ether oxygens (including phenoxy) is 7. The second-order valence-corrected chi connectivity index (χ2v) is 11.2. The van der Waals surface area contributed by atoms with Gasteiger partial charge in [-0.05, 0) is 0 Å². The van der Waals surface area contributed by atoms with Gasteiger partial charge in [-0.3, -0.25) is 0 Å². The van der Waals surface area contributed by atoms with Crippen LogP contribution >= 0.6 is 0 Å². The molecule has 0 saturated carbocycles. The van der Waals surface area contributed by atoms with Crippen LogP contribution in [0, 0.1) is 0 Å². The molecular formula is C24H42O21. The van der Waals surface area contributed by atoms with Crippen molar-refractivity contribution in [1.29, 1.82) is 0 Å². The van der Waals surface area contributed by atoms with Crippen molar-refractivity contribution in [2.75, 3.05) is 26.4 Å². The Hall–Kier alpha value is -0.840. The molecule has 4 aliphatic heterocycles. The van der Waals surface area contributed by atoms with Gasteiger partial charge in [0.05, 0.1) is 26.4 Å². The number of aliphatic hydroxyl groups is 14. The lowest BCUT2D eigenvalue weighted by Gasteiger charge is -2.47. The molecule has 4 heterocycles. The maximum atomic E-state index is 11.1. The van der Waals surface area contributed by atoms with E-state index in [-0.39, 0.29) is 0 Å². The predicted molar refractivity (Wildman–Crippen MR) is 134 cm³/mol. The van der Waals surface area contributed by atoms with Gasteiger partial charge in [-0.15, -0.1) is 0 Å². The van der Waals surface area contributed by atoms with Crippen LogP contribution in [-0.4, -0.2) is 221 Å². The molecule has 1 unspecified atom stereocenters. The first-order valence-corrected chi connectivity index (χ1v) is 14.1. The fraction of sp³-hybridized carbons (Fsp3) is 1.00. The average molecular weight is 667 g/mol. The molecule has 4 rings (SSSR count). The molecule has 20 atom stereocenters. The minimum Gasteiger partial charge on any atom is -0.394 e. The van der Waals surface area contributed by atoms with E-state index in [0.29, 0.717) is 0 Å². The minimum absolute atomic E-state index is 0.702. The van der Waals surface area contributed by atoms with Gasteiger partial charge in [0.25, 0.3) is 0 Å². The van der Waals surface area contributed by atoms with Gasteiger partial charge < -0.3 is 105 Å². The van der Waals surface area contributed by atoms with Gasteiger partial charge in [-0.2, -0.15) is 0 Å². The Morgan fingerprint density at radius 3 is 1.31 bits per heavy atom. The van der Waals surface area contributed by atoms with Crippen LogP contribution in [0.15, 0.2) is 0 Å². The first-order valence-electron chi connectivity index (χ1n) is 14.1. The van der Waals surface area contributed by atoms with Gasteiger partial charge in [0.2, 0.25) is 0 Å². The zero-order chi connectivity index (χ0) is 33.3. The molecule has 0 radical (unpaired) electrons. The van der Waals surface area contributed by atoms with Gasteiger partial charge in [-0.1, -0.05) is 0 Å². The Morgan fingerprint density at radius 1 is 0.378 bits per heavy atom. The van der Waals surface area contributed by atoms with Gasteiger partial charge in [0.1, 0.15) is 97.7 Å². The maximum Gasteiger partial charge on any atom is 0.187 e. The van der Waals surface area contributed by atoms with E-state index < -0.39 is 149 Å². The molecule has 0 aromatic carbocycles. The summed E-state index contributed by atoms with van der Waals surface area (Å²) in [6.07, 6.45) is -35.1. The molecule has 4 saturated heterocycles. The quantitative estimate of drug-likeness (QED) is 0.103. The fourth-order valence-electron chi connectivity index (χ4n) is 5.33. The van der Waals surface area contributed by atoms with Gasteiger partial charge >= 0.3 is 0 Å². The third-order valence-corrected chi connectivity index (χ3v) is 8.17. The first kappa shape index (κ1) is 37.0. The molecule has 4 aliphatic rings. The molecule has 0 amide bonds. The summed E-state index contributed by atoms with van der Waals surface area (Å²) in [5, 5.41) is 142. The summed E-state index contributed by atoms with van der Waals surface area (Å²) in [7, 11) is 0. The van der Waals surface area contributed by atoms with E-state index in [1.807, 2.05) is 0 Å². The van der Waals surface area contributed by atoms with Crippen LogP contribution in [0.2, 0.25) is 0 Å². The second-order valence-electron chi connectivity index (χ2n) is 11.2. The maximum absolute atomic E-state index is 11.1. The lowest BCUT2D eigenvalue weighted by molar-refractivity contribution is -0.370. The Kier molecular flexibility index (Phi) is 12.8. The van der Waals surface area contributed by atoms with Gasteiger partial charge in [-0.25, -0.2) is 0 Å². The van der Waals surface area contributed by atoms with E-state index in [9.17, 15) is 71.5 Å². The van der Waals surface area contributed by atoms with E-state index >= 15 is 0 Å². The Labute approximate surface area is 254 Å². The third-order valence-electron chi connectivity index (χ3n) is 8.17. The molecule has 14 N–H and O–H groups in total. The number of rotatable bonds is 10. The van der Waals surface area contributed by atoms with E-state index in [4.69, 9.17) is 33.2 Å². The van der Waals surface area contributed by atoms with Crippen molar-refractivity contribution in [3.8, 4) is 0 Å². The highest BCUT2D eigenvalue weighted by atomic mass is 16.8. The van der Waals surface area contributed by atoms with Crippen LogP contribution in [0.3, 0.4) is 0 Å². The SMILES string of the molecule is OC[C@H]1O[C@@H](OC[C@H]2O[C@H](OC[C@H]3OC(O)[C@H](O)[C@@H](O)[C@H]3O)[C@H](O)[C@@H](O[C@@H]3O[C@H](CO)[C@H](O)[C@H](O)[C@H]3O)[C@H]2O)[C@H](O)[C@@H](O)[C@H]1O. The molecule has 0 bridgehead atoms. The third kappa shape index (κ3) is 7.75. The van der Waals surface area contributed by atoms with E-state index in [1.165, 1.54) is 0 Å². The first-order chi connectivity index (χ1) is 21.2. The Balaban J connectivity index is 1.50. The summed E-state index contributed by atoms with van der Waals surface area (Å²) in [6.45, 7) is -2.99. The normalized spacial score (nSPS) is 52.9. The molecule has 0 aromatic rings. The zero-order valence-corrected chi connectivity index (χ0v) is 23.5. The zero-order valence-electron chi connectivity index (χ0n) is 23.5. The van der Waals surface area contributed by atoms with Crippen molar-refractivity contribution in [2.45, 2.75) is 123 Å². The summed E-state index contributed by atoms with van der Waals surface area (Å²) in [4.78, 5) is 0. The van der Waals surface area contributed by atoms with E-state index in [1.54, 1.807) is 0 Å². The van der Waals surface area contributed by atoms with Crippen molar-refractivity contribution >= 4 is 0 Å². The van der Waals surface area contributed by atoms with Crippen molar-refractivity contribution < 1.29 is 105 Å². The van der Waals surface area contributed by atoms with E-state index in [0.717, 1.165) is 0 Å². The van der Waals surface area contributed by atoms with Crippen molar-refractivity contribution in [1.82, 2.24) is 0 Å². The fourth-order valence-corrected chi connectivity index (χ4v) is 5.33. The predicted octanol–water partition coefficient (Wildman–Crippen LogP) is -9.75. The van der Waals surface area contributed by atoms with Crippen LogP contribution in [-0.2, 0) is 33.2 Å². The van der Waals surface area contributed by atoms with Gasteiger partial charge in [0, 0.05) is 0 Å². The standard InChI is InChI=1S/C24H42O21/c25-1-5-9(27)14(32)17(35)22(42-5)39-4-8-12(30)20(45-24-18(36)15(33)10(28)6(2-26)43-24)19(37)23(44-8)40-3-7-11(29)13(31)16(34)21(38)41-7/h5-38H,1-4H2/t5-,6-,7-,8-,9+,10+,11+,12+,13+,14+,15+,16-,17-,18-,19-,20+,21?,22-,23+,24+/m1/s1. The number of hydrogen-bond acceptors (Lipinski definition) is 21. The Bertz CT molecular complexity index is 914. The average Bonchev–Trinajstić information content (AvgIpc) is 3.02. The highest BCUT2D eigenvalue weighted by Gasteiger charge is 2.52. The summed E-state index contributed by atoms with van der Waals surface area (Å²) >= 11 is 0. The molecule has 0 aliphatic carbocycles. The Morgan fingerprint density at radius 2 is 0.778 bits per heavy atom. The monoisotopic (exact) mass is 666 g/mol. The molecule has 4 fully saturated rings. The summed E-state index contributed by atoms with van der Waals surface area (Å²) in [6, 6.07) is 0. The van der Waals surface area contributed by atoms with Crippen molar-refractivity contribution in [3.63, 3.8) is 0 Å². The molecule has 21 heteroatoms. The van der Waals surface area contributed by atoms with Crippen LogP contribution in [0.25, 0.3) is 0 Å². The second kappa shape index (κ2) is 15.6. The summed E-state index contributed by atoms with van der Waals surface area (Å²) in [5.74, 6) is 0.